The molecule has 3 heterocycles. The Hall–Kier alpha value is -3.27. The van der Waals surface area contributed by atoms with Crippen molar-refractivity contribution in [2.75, 3.05) is 34.6 Å². The van der Waals surface area contributed by atoms with Gasteiger partial charge in [-0.1, -0.05) is 18.2 Å². The topological polar surface area (TPSA) is 79.5 Å². The summed E-state index contributed by atoms with van der Waals surface area (Å²) >= 11 is 0. The van der Waals surface area contributed by atoms with Gasteiger partial charge in [-0.15, -0.1) is 0 Å². The fourth-order valence-electron chi connectivity index (χ4n) is 4.94. The number of rotatable bonds is 3. The van der Waals surface area contributed by atoms with E-state index < -0.39 is 21.8 Å². The first kappa shape index (κ1) is 22.5. The van der Waals surface area contributed by atoms with Gasteiger partial charge in [0.2, 0.25) is 0 Å². The van der Waals surface area contributed by atoms with Crippen molar-refractivity contribution in [1.82, 2.24) is 4.98 Å². The number of alkyl halides is 3. The minimum atomic E-state index is -4.53. The van der Waals surface area contributed by atoms with Crippen molar-refractivity contribution in [2.24, 2.45) is 0 Å². The van der Waals surface area contributed by atoms with Crippen molar-refractivity contribution in [2.45, 2.75) is 29.3 Å². The smallest absolute Gasteiger partial charge is 0.399 e. The molecule has 34 heavy (non-hydrogen) atoms. The summed E-state index contributed by atoms with van der Waals surface area (Å²) in [5.41, 5.74) is 6.79. The number of nitrogens with two attached hydrogens (primary N) is 1. The first-order valence-corrected chi connectivity index (χ1v) is 12.3. The summed E-state index contributed by atoms with van der Waals surface area (Å²) in [5, 5.41) is 0. The minimum Gasteiger partial charge on any atom is -0.399 e. The molecule has 1 fully saturated rings. The van der Waals surface area contributed by atoms with Crippen LogP contribution in [-0.4, -0.2) is 33.0 Å². The zero-order valence-corrected chi connectivity index (χ0v) is 19.0. The lowest BCUT2D eigenvalue weighted by Gasteiger charge is -2.40. The van der Waals surface area contributed by atoms with Gasteiger partial charge in [0.15, 0.2) is 0 Å². The van der Waals surface area contributed by atoms with Crippen molar-refractivity contribution in [1.29, 1.82) is 0 Å². The quantitative estimate of drug-likeness (QED) is 0.590. The van der Waals surface area contributed by atoms with Crippen molar-refractivity contribution < 1.29 is 21.6 Å². The van der Waals surface area contributed by atoms with Gasteiger partial charge in [-0.3, -0.25) is 4.31 Å². The van der Waals surface area contributed by atoms with Crippen LogP contribution in [0, 0.1) is 0 Å². The first-order chi connectivity index (χ1) is 16.1. The molecule has 6 nitrogen and oxygen atoms in total. The molecule has 0 bridgehead atoms. The fraction of sp³-hybridized carbons (Fsp3) is 0.292. The number of sulfonamides is 1. The zero-order valence-electron chi connectivity index (χ0n) is 18.2. The average molecular weight is 489 g/mol. The number of nitrogen functional groups attached to an aromatic ring is 1. The third-order valence-corrected chi connectivity index (χ3v) is 8.55. The molecule has 0 amide bonds. The Bertz CT molecular complexity index is 1320. The molecular weight excluding hydrogens is 465 g/mol. The highest BCUT2D eigenvalue weighted by atomic mass is 32.2. The molecule has 2 aliphatic heterocycles. The highest BCUT2D eigenvalue weighted by molar-refractivity contribution is 7.92. The van der Waals surface area contributed by atoms with Gasteiger partial charge in [0.05, 0.1) is 16.1 Å². The van der Waals surface area contributed by atoms with E-state index in [1.807, 2.05) is 18.2 Å². The average Bonchev–Trinajstić information content (AvgIpc) is 3.14. The molecular formula is C24H23F3N4O2S. The molecule has 2 aromatic carbocycles. The lowest BCUT2D eigenvalue weighted by Crippen LogP contribution is -2.46. The van der Waals surface area contributed by atoms with Crippen LogP contribution in [0.25, 0.3) is 0 Å². The fourth-order valence-corrected chi connectivity index (χ4v) is 6.51. The van der Waals surface area contributed by atoms with E-state index in [1.54, 1.807) is 24.4 Å². The van der Waals surface area contributed by atoms with Gasteiger partial charge in [0.25, 0.3) is 10.0 Å². The predicted octanol–water partition coefficient (Wildman–Crippen LogP) is 4.43. The van der Waals surface area contributed by atoms with Crippen LogP contribution in [-0.2, 0) is 21.6 Å². The van der Waals surface area contributed by atoms with E-state index in [0.717, 1.165) is 35.6 Å². The number of fused-ring (bicyclic) bond motifs is 2. The highest BCUT2D eigenvalue weighted by Crippen LogP contribution is 2.49. The normalized spacial score (nSPS) is 17.7. The van der Waals surface area contributed by atoms with Crippen LogP contribution in [0.2, 0.25) is 0 Å². The van der Waals surface area contributed by atoms with E-state index in [1.165, 1.54) is 4.31 Å². The first-order valence-electron chi connectivity index (χ1n) is 10.9. The van der Waals surface area contributed by atoms with Crippen molar-refractivity contribution in [3.63, 3.8) is 0 Å². The summed E-state index contributed by atoms with van der Waals surface area (Å²) in [6.07, 6.45) is -1.45. The van der Waals surface area contributed by atoms with E-state index in [-0.39, 0.29) is 16.9 Å². The van der Waals surface area contributed by atoms with Crippen LogP contribution in [0.1, 0.15) is 24.0 Å². The Balaban J connectivity index is 1.44. The predicted molar refractivity (Wildman–Crippen MR) is 124 cm³/mol. The number of aromatic nitrogens is 1. The number of benzene rings is 2. The number of hydrogen-bond acceptors (Lipinski definition) is 5. The van der Waals surface area contributed by atoms with Gasteiger partial charge in [0.1, 0.15) is 5.82 Å². The second-order valence-electron chi connectivity index (χ2n) is 8.77. The maximum atomic E-state index is 13.5. The molecule has 0 saturated carbocycles. The molecule has 3 aromatic rings. The number of anilines is 3. The lowest BCUT2D eigenvalue weighted by molar-refractivity contribution is -0.137. The summed E-state index contributed by atoms with van der Waals surface area (Å²) in [6.45, 7) is 1.60. The number of nitrogens with zero attached hydrogens (tertiary/aromatic N) is 3. The van der Waals surface area contributed by atoms with Gasteiger partial charge >= 0.3 is 6.18 Å². The molecule has 1 saturated heterocycles. The highest BCUT2D eigenvalue weighted by Gasteiger charge is 2.48. The number of piperidine rings is 1. The van der Waals surface area contributed by atoms with E-state index in [0.29, 0.717) is 37.3 Å². The Morgan fingerprint density at radius 1 is 0.971 bits per heavy atom. The number of halogens is 3. The van der Waals surface area contributed by atoms with E-state index >= 15 is 0 Å². The largest absolute Gasteiger partial charge is 0.416 e. The van der Waals surface area contributed by atoms with Crippen LogP contribution in [0.3, 0.4) is 0 Å². The second kappa shape index (κ2) is 7.90. The molecule has 1 spiro atoms. The van der Waals surface area contributed by atoms with Crippen molar-refractivity contribution >= 4 is 27.2 Å². The number of para-hydroxylation sites is 1. The Morgan fingerprint density at radius 2 is 1.65 bits per heavy atom. The van der Waals surface area contributed by atoms with Crippen LogP contribution < -0.4 is 14.9 Å². The molecule has 0 radical (unpaired) electrons. The van der Waals surface area contributed by atoms with E-state index in [4.69, 9.17) is 5.73 Å². The van der Waals surface area contributed by atoms with Crippen LogP contribution >= 0.6 is 0 Å². The minimum absolute atomic E-state index is 0.159. The number of hydrogen-bond donors (Lipinski definition) is 1. The van der Waals surface area contributed by atoms with Gasteiger partial charge in [-0.05, 0) is 54.8 Å². The summed E-state index contributed by atoms with van der Waals surface area (Å²) in [7, 11) is -4.04. The van der Waals surface area contributed by atoms with Crippen molar-refractivity contribution in [3.8, 4) is 0 Å². The Labute approximate surface area is 195 Å². The molecule has 0 unspecified atom stereocenters. The second-order valence-corrected chi connectivity index (χ2v) is 10.6. The molecule has 1 aromatic heterocycles. The summed E-state index contributed by atoms with van der Waals surface area (Å²) in [4.78, 5) is 6.38. The molecule has 178 valence electrons. The van der Waals surface area contributed by atoms with Gasteiger partial charge in [-0.25, -0.2) is 13.4 Å². The van der Waals surface area contributed by atoms with Crippen LogP contribution in [0.15, 0.2) is 71.8 Å². The standard InChI is InChI=1S/C24H23F3N4O2S/c25-24(26,27)17-5-7-19(8-6-17)34(32,33)31-16-23(20-3-1-2-4-21(20)31)10-13-30(14-11-23)22-15-18(28)9-12-29-22/h1-9,12,15H,10-11,13-14,16H2,(H2,28,29). The molecule has 0 aliphatic carbocycles. The monoisotopic (exact) mass is 488 g/mol. The van der Waals surface area contributed by atoms with Crippen molar-refractivity contribution in [3.05, 3.63) is 78.0 Å². The third kappa shape index (κ3) is 3.75. The maximum Gasteiger partial charge on any atom is 0.416 e. The van der Waals surface area contributed by atoms with E-state index in [9.17, 15) is 21.6 Å². The Morgan fingerprint density at radius 3 is 2.29 bits per heavy atom. The van der Waals surface area contributed by atoms with Crippen LogP contribution in [0.4, 0.5) is 30.4 Å². The summed E-state index contributed by atoms with van der Waals surface area (Å²) < 4.78 is 67.2. The molecule has 5 rings (SSSR count). The van der Waals surface area contributed by atoms with E-state index in [2.05, 4.69) is 9.88 Å². The summed E-state index contributed by atoms with van der Waals surface area (Å²) in [6, 6.07) is 14.6. The lowest BCUT2D eigenvalue weighted by atomic mass is 9.74. The molecule has 2 aliphatic rings. The zero-order chi connectivity index (χ0) is 24.1. The van der Waals surface area contributed by atoms with Gasteiger partial charge < -0.3 is 10.6 Å². The third-order valence-electron chi connectivity index (χ3n) is 6.77. The SMILES string of the molecule is Nc1ccnc(N2CCC3(CC2)CN(S(=O)(=O)c2ccc(C(F)(F)F)cc2)c2ccccc23)c1. The Kier molecular flexibility index (Phi) is 5.23. The molecule has 0 atom stereocenters. The molecule has 2 N–H and O–H groups in total. The van der Waals surface area contributed by atoms with Gasteiger partial charge in [-0.2, -0.15) is 13.2 Å². The van der Waals surface area contributed by atoms with Crippen LogP contribution in [0.5, 0.6) is 0 Å². The maximum absolute atomic E-state index is 13.5. The number of pyridine rings is 1. The molecule has 10 heteroatoms. The summed E-state index contributed by atoms with van der Waals surface area (Å²) in [5.74, 6) is 0.787. The van der Waals surface area contributed by atoms with Gasteiger partial charge in [0, 0.05) is 43.0 Å².